The van der Waals surface area contributed by atoms with Gasteiger partial charge in [0.05, 0.1) is 11.0 Å². The van der Waals surface area contributed by atoms with Gasteiger partial charge in [0.2, 0.25) is 0 Å². The molecule has 5 heteroatoms. The number of nitrogen functional groups attached to an aromatic ring is 1. The Morgan fingerprint density at radius 2 is 1.60 bits per heavy atom. The quantitative estimate of drug-likeness (QED) is 0.856. The van der Waals surface area contributed by atoms with Crippen LogP contribution in [0.5, 0.6) is 0 Å². The SMILES string of the molecule is CC1CN(c2nc3ccccc3nc2N)CC(C)N1C. The van der Waals surface area contributed by atoms with E-state index < -0.39 is 0 Å². The summed E-state index contributed by atoms with van der Waals surface area (Å²) in [5, 5.41) is 0. The first-order valence-corrected chi connectivity index (χ1v) is 7.05. The van der Waals surface area contributed by atoms with E-state index in [1.54, 1.807) is 0 Å². The molecule has 1 saturated heterocycles. The van der Waals surface area contributed by atoms with Crippen molar-refractivity contribution in [3.05, 3.63) is 24.3 Å². The van der Waals surface area contributed by atoms with Gasteiger partial charge in [-0.1, -0.05) is 12.1 Å². The molecule has 0 aliphatic carbocycles. The van der Waals surface area contributed by atoms with Crippen molar-refractivity contribution in [1.82, 2.24) is 14.9 Å². The van der Waals surface area contributed by atoms with Crippen molar-refractivity contribution in [2.75, 3.05) is 30.8 Å². The lowest BCUT2D eigenvalue weighted by Crippen LogP contribution is -2.55. The molecule has 1 aliphatic rings. The van der Waals surface area contributed by atoms with Crippen LogP contribution in [0, 0.1) is 0 Å². The summed E-state index contributed by atoms with van der Waals surface area (Å²) >= 11 is 0. The number of likely N-dealkylation sites (N-methyl/N-ethyl adjacent to an activating group) is 1. The van der Waals surface area contributed by atoms with Crippen molar-refractivity contribution < 1.29 is 0 Å². The summed E-state index contributed by atoms with van der Waals surface area (Å²) in [6.07, 6.45) is 0. The number of nitrogens with two attached hydrogens (primary N) is 1. The van der Waals surface area contributed by atoms with Crippen molar-refractivity contribution >= 4 is 22.7 Å². The number of hydrogen-bond donors (Lipinski definition) is 1. The second-order valence-electron chi connectivity index (χ2n) is 5.69. The Bertz CT molecular complexity index is 615. The van der Waals surface area contributed by atoms with Crippen molar-refractivity contribution in [3.63, 3.8) is 0 Å². The topological polar surface area (TPSA) is 58.3 Å². The van der Waals surface area contributed by atoms with Gasteiger partial charge in [-0.25, -0.2) is 9.97 Å². The van der Waals surface area contributed by atoms with E-state index in [4.69, 9.17) is 10.7 Å². The number of hydrogen-bond acceptors (Lipinski definition) is 5. The van der Waals surface area contributed by atoms with Gasteiger partial charge in [0.15, 0.2) is 11.6 Å². The number of piperazine rings is 1. The Morgan fingerprint density at radius 3 is 2.20 bits per heavy atom. The maximum Gasteiger partial charge on any atom is 0.172 e. The first-order valence-electron chi connectivity index (χ1n) is 7.05. The fraction of sp³-hybridized carbons (Fsp3) is 0.467. The number of fused-ring (bicyclic) bond motifs is 1. The molecule has 2 N–H and O–H groups in total. The Morgan fingerprint density at radius 1 is 1.05 bits per heavy atom. The van der Waals surface area contributed by atoms with Crippen LogP contribution in [0.2, 0.25) is 0 Å². The van der Waals surface area contributed by atoms with Gasteiger partial charge in [-0.2, -0.15) is 0 Å². The van der Waals surface area contributed by atoms with Crippen LogP contribution in [0.4, 0.5) is 11.6 Å². The first kappa shape index (κ1) is 13.1. The van der Waals surface area contributed by atoms with Gasteiger partial charge < -0.3 is 10.6 Å². The minimum absolute atomic E-state index is 0.478. The fourth-order valence-electron chi connectivity index (χ4n) is 2.81. The zero-order valence-corrected chi connectivity index (χ0v) is 12.2. The molecule has 1 aromatic heterocycles. The summed E-state index contributed by atoms with van der Waals surface area (Å²) in [7, 11) is 2.17. The van der Waals surface area contributed by atoms with E-state index in [0.717, 1.165) is 29.9 Å². The molecule has 20 heavy (non-hydrogen) atoms. The maximum absolute atomic E-state index is 6.11. The molecule has 0 bridgehead atoms. The molecular weight excluding hydrogens is 250 g/mol. The Kier molecular flexibility index (Phi) is 3.22. The molecule has 2 heterocycles. The molecule has 0 amide bonds. The minimum atomic E-state index is 0.478. The average Bonchev–Trinajstić information content (AvgIpc) is 2.43. The van der Waals surface area contributed by atoms with Crippen LogP contribution in [-0.2, 0) is 0 Å². The molecule has 0 spiro atoms. The van der Waals surface area contributed by atoms with Crippen LogP contribution < -0.4 is 10.6 Å². The molecule has 106 valence electrons. The van der Waals surface area contributed by atoms with Gasteiger partial charge in [0.1, 0.15) is 0 Å². The average molecular weight is 271 g/mol. The van der Waals surface area contributed by atoms with Gasteiger partial charge in [-0.05, 0) is 33.0 Å². The second-order valence-corrected chi connectivity index (χ2v) is 5.69. The Hall–Kier alpha value is -1.88. The third-order valence-corrected chi connectivity index (χ3v) is 4.24. The highest BCUT2D eigenvalue weighted by molar-refractivity contribution is 5.79. The van der Waals surface area contributed by atoms with Crippen LogP contribution in [0.1, 0.15) is 13.8 Å². The summed E-state index contributed by atoms with van der Waals surface area (Å²) < 4.78 is 0. The standard InChI is InChI=1S/C15H21N5/c1-10-8-20(9-11(2)19(10)3)15-14(16)17-12-6-4-5-7-13(12)18-15/h4-7,10-11H,8-9H2,1-3H3,(H2,16,17). The van der Waals surface area contributed by atoms with Gasteiger partial charge >= 0.3 is 0 Å². The number of benzene rings is 1. The number of aromatic nitrogens is 2. The lowest BCUT2D eigenvalue weighted by atomic mass is 10.1. The predicted octanol–water partition coefficient (Wildman–Crippen LogP) is 1.74. The van der Waals surface area contributed by atoms with Crippen molar-refractivity contribution in [2.45, 2.75) is 25.9 Å². The van der Waals surface area contributed by atoms with Crippen LogP contribution in [-0.4, -0.2) is 47.1 Å². The smallest absolute Gasteiger partial charge is 0.172 e. The van der Waals surface area contributed by atoms with E-state index in [9.17, 15) is 0 Å². The molecule has 2 atom stereocenters. The normalized spacial score (nSPS) is 24.2. The molecule has 2 aromatic rings. The number of rotatable bonds is 1. The zero-order chi connectivity index (χ0) is 14.3. The predicted molar refractivity (Wildman–Crippen MR) is 82.9 cm³/mol. The largest absolute Gasteiger partial charge is 0.381 e. The van der Waals surface area contributed by atoms with Crippen molar-refractivity contribution in [1.29, 1.82) is 0 Å². The third kappa shape index (κ3) is 2.18. The van der Waals surface area contributed by atoms with Gasteiger partial charge in [-0.15, -0.1) is 0 Å². The number of anilines is 2. The third-order valence-electron chi connectivity index (χ3n) is 4.24. The molecule has 1 aromatic carbocycles. The summed E-state index contributed by atoms with van der Waals surface area (Å²) in [6, 6.07) is 8.81. The Balaban J connectivity index is 1.99. The van der Waals surface area contributed by atoms with Crippen LogP contribution >= 0.6 is 0 Å². The van der Waals surface area contributed by atoms with Crippen molar-refractivity contribution in [2.24, 2.45) is 0 Å². The van der Waals surface area contributed by atoms with Crippen LogP contribution in [0.15, 0.2) is 24.3 Å². The Labute approximate surface area is 119 Å². The van der Waals surface area contributed by atoms with E-state index in [1.165, 1.54) is 0 Å². The highest BCUT2D eigenvalue weighted by atomic mass is 15.3. The molecule has 1 aliphatic heterocycles. The summed E-state index contributed by atoms with van der Waals surface area (Å²) in [4.78, 5) is 13.8. The number of nitrogens with zero attached hydrogens (tertiary/aromatic N) is 4. The fourth-order valence-corrected chi connectivity index (χ4v) is 2.81. The maximum atomic E-state index is 6.11. The van der Waals surface area contributed by atoms with Gasteiger partial charge in [0.25, 0.3) is 0 Å². The second kappa shape index (κ2) is 4.90. The van der Waals surface area contributed by atoms with E-state index in [-0.39, 0.29) is 0 Å². The van der Waals surface area contributed by atoms with Gasteiger partial charge in [0, 0.05) is 25.2 Å². The highest BCUT2D eigenvalue weighted by Crippen LogP contribution is 2.26. The minimum Gasteiger partial charge on any atom is -0.381 e. The molecule has 1 fully saturated rings. The summed E-state index contributed by atoms with van der Waals surface area (Å²) in [5.41, 5.74) is 7.86. The summed E-state index contributed by atoms with van der Waals surface area (Å²) in [5.74, 6) is 1.34. The molecule has 0 radical (unpaired) electrons. The molecule has 2 unspecified atom stereocenters. The monoisotopic (exact) mass is 271 g/mol. The van der Waals surface area contributed by atoms with Crippen LogP contribution in [0.25, 0.3) is 11.0 Å². The van der Waals surface area contributed by atoms with Gasteiger partial charge in [-0.3, -0.25) is 4.90 Å². The van der Waals surface area contributed by atoms with E-state index in [2.05, 4.69) is 35.7 Å². The first-order chi connectivity index (χ1) is 9.56. The molecular formula is C15H21N5. The zero-order valence-electron chi connectivity index (χ0n) is 12.2. The van der Waals surface area contributed by atoms with E-state index in [1.807, 2.05) is 24.3 Å². The van der Waals surface area contributed by atoms with Crippen LogP contribution in [0.3, 0.4) is 0 Å². The van der Waals surface area contributed by atoms with Crippen molar-refractivity contribution in [3.8, 4) is 0 Å². The lowest BCUT2D eigenvalue weighted by Gasteiger charge is -2.43. The molecule has 5 nitrogen and oxygen atoms in total. The van der Waals surface area contributed by atoms with E-state index >= 15 is 0 Å². The summed E-state index contributed by atoms with van der Waals surface area (Å²) in [6.45, 7) is 6.32. The number of para-hydroxylation sites is 2. The highest BCUT2D eigenvalue weighted by Gasteiger charge is 2.28. The lowest BCUT2D eigenvalue weighted by molar-refractivity contribution is 0.169. The molecule has 3 rings (SSSR count). The van der Waals surface area contributed by atoms with E-state index in [0.29, 0.717) is 17.9 Å². The molecule has 0 saturated carbocycles.